The van der Waals surface area contributed by atoms with E-state index >= 15 is 0 Å². The second-order valence-electron chi connectivity index (χ2n) is 8.61. The van der Waals surface area contributed by atoms with E-state index in [0.717, 1.165) is 22.3 Å². The molecule has 4 aromatic rings. The molecule has 2 heterocycles. The number of rotatable bonds is 3. The zero-order valence-electron chi connectivity index (χ0n) is 20.7. The average Bonchev–Trinajstić information content (AvgIpc) is 3.08. The summed E-state index contributed by atoms with van der Waals surface area (Å²) < 4.78 is 1.23. The molecule has 0 bridgehead atoms. The van der Waals surface area contributed by atoms with Gasteiger partial charge in [-0.3, -0.25) is 9.78 Å². The average molecular weight is 649 g/mol. The Labute approximate surface area is 219 Å². The molecular weight excluding hydrogens is 619 g/mol. The first-order valence-corrected chi connectivity index (χ1v) is 11.7. The van der Waals surface area contributed by atoms with Crippen LogP contribution in [0.4, 0.5) is 0 Å². The third kappa shape index (κ3) is 6.96. The van der Waals surface area contributed by atoms with Crippen molar-refractivity contribution in [3.63, 3.8) is 0 Å². The minimum absolute atomic E-state index is 0. The molecule has 0 spiro atoms. The fourth-order valence-electron chi connectivity index (χ4n) is 4.09. The number of carbonyl (C=O) groups is 1. The zero-order chi connectivity index (χ0) is 24.3. The van der Waals surface area contributed by atoms with E-state index in [1.165, 1.54) is 57.3 Å². The maximum Gasteiger partial charge on any atom is 0.155 e. The third-order valence-corrected chi connectivity index (χ3v) is 6.24. The summed E-state index contributed by atoms with van der Waals surface area (Å²) in [6, 6.07) is 18.8. The van der Waals surface area contributed by atoms with Crippen LogP contribution in [0.5, 0.6) is 0 Å². The molecule has 0 aliphatic rings. The van der Waals surface area contributed by atoms with E-state index in [1.54, 1.807) is 0 Å². The Morgan fingerprint density at radius 1 is 0.941 bits per heavy atom. The molecule has 34 heavy (non-hydrogen) atoms. The van der Waals surface area contributed by atoms with Gasteiger partial charge < -0.3 is 5.11 Å². The van der Waals surface area contributed by atoms with Crippen molar-refractivity contribution in [2.24, 2.45) is 0 Å². The minimum atomic E-state index is -0.125. The summed E-state index contributed by atoms with van der Waals surface area (Å²) in [7, 11) is 0. The largest absolute Gasteiger partial charge is 0.512 e. The van der Waals surface area contributed by atoms with Gasteiger partial charge >= 0.3 is 0 Å². The van der Waals surface area contributed by atoms with Gasteiger partial charge in [0.15, 0.2) is 5.78 Å². The third-order valence-electron chi connectivity index (χ3n) is 5.13. The maximum atomic E-state index is 10.0. The summed E-state index contributed by atoms with van der Waals surface area (Å²) in [5.74, 6) is -0.0625. The number of thiophene rings is 1. The quantitative estimate of drug-likeness (QED) is 0.139. The number of ketones is 1. The van der Waals surface area contributed by atoms with E-state index in [2.05, 4.69) is 83.1 Å². The number of aromatic nitrogens is 1. The van der Waals surface area contributed by atoms with Gasteiger partial charge in [-0.1, -0.05) is 37.6 Å². The number of pyridine rings is 1. The molecule has 2 aromatic heterocycles. The van der Waals surface area contributed by atoms with Gasteiger partial charge in [0.05, 0.1) is 16.0 Å². The maximum absolute atomic E-state index is 10.0. The van der Waals surface area contributed by atoms with Crippen LogP contribution in [0.1, 0.15) is 41.7 Å². The van der Waals surface area contributed by atoms with E-state index in [0.29, 0.717) is 0 Å². The van der Waals surface area contributed by atoms with E-state index < -0.39 is 0 Å². The Balaban J connectivity index is 0.000000449. The van der Waals surface area contributed by atoms with Crippen LogP contribution in [-0.4, -0.2) is 15.9 Å². The van der Waals surface area contributed by atoms with Gasteiger partial charge in [-0.05, 0) is 69.1 Å². The number of aryl methyl sites for hydroxylation is 5. The molecule has 1 N–H and O–H groups in total. The Kier molecular flexibility index (Phi) is 9.52. The molecule has 179 valence electrons. The number of allylic oxidation sites excluding steroid dienone is 2. The second kappa shape index (κ2) is 11.7. The summed E-state index contributed by atoms with van der Waals surface area (Å²) in [5.41, 5.74) is 10.8. The van der Waals surface area contributed by atoms with Crippen molar-refractivity contribution < 1.29 is 30.0 Å². The molecule has 0 fully saturated rings. The first-order chi connectivity index (χ1) is 15.5. The van der Waals surface area contributed by atoms with Gasteiger partial charge in [0.25, 0.3) is 0 Å². The molecule has 5 heteroatoms. The normalized spacial score (nSPS) is 11.0. The van der Waals surface area contributed by atoms with Crippen molar-refractivity contribution >= 4 is 27.3 Å². The number of carbonyl (C=O) groups excluding carboxylic acids is 1. The summed E-state index contributed by atoms with van der Waals surface area (Å²) in [5, 5.41) is 8.36. The number of hydrogen-bond acceptors (Lipinski definition) is 4. The van der Waals surface area contributed by atoms with Crippen LogP contribution in [0, 0.1) is 40.7 Å². The zero-order valence-corrected chi connectivity index (χ0v) is 23.9. The Bertz CT molecular complexity index is 1320. The molecule has 1 radical (unpaired) electrons. The van der Waals surface area contributed by atoms with Crippen LogP contribution in [0.25, 0.3) is 31.9 Å². The van der Waals surface area contributed by atoms with Crippen molar-refractivity contribution in [2.45, 2.75) is 48.5 Å². The SMILES string of the molecule is CC(=O)/C=C(/C)O.Cc1[c-]c(-c2ccc3sc(-c4c(C)cc(C)cc4C)cc3n2)cc(C)c1.[Ir]. The molecule has 0 unspecified atom stereocenters. The first kappa shape index (κ1) is 27.7. The van der Waals surface area contributed by atoms with E-state index in [-0.39, 0.29) is 31.6 Å². The van der Waals surface area contributed by atoms with Gasteiger partial charge in [0.1, 0.15) is 0 Å². The van der Waals surface area contributed by atoms with Crippen molar-refractivity contribution in [3.05, 3.63) is 88.2 Å². The molecule has 0 amide bonds. The Hall–Kier alpha value is -2.59. The van der Waals surface area contributed by atoms with Crippen LogP contribution < -0.4 is 0 Å². The molecular formula is C29H30IrNO2S-. The van der Waals surface area contributed by atoms with Gasteiger partial charge in [0.2, 0.25) is 0 Å². The van der Waals surface area contributed by atoms with E-state index in [4.69, 9.17) is 10.1 Å². The summed E-state index contributed by atoms with van der Waals surface area (Å²) in [4.78, 5) is 16.2. The van der Waals surface area contributed by atoms with Crippen LogP contribution in [-0.2, 0) is 24.9 Å². The number of benzene rings is 2. The number of aliphatic hydroxyl groups is 1. The predicted molar refractivity (Wildman–Crippen MR) is 140 cm³/mol. The molecule has 3 nitrogen and oxygen atoms in total. The van der Waals surface area contributed by atoms with Crippen LogP contribution >= 0.6 is 11.3 Å². The standard InChI is InChI=1S/C24H22NS.C5H8O2.Ir/c1-14-8-15(2)12-19(11-14)20-6-7-22-21(25-20)13-23(26-22)24-17(4)9-16(3)10-18(24)5;1-4(6)3-5(2)7;/h6-11,13H,1-5H3;3,6H,1-2H3;/q-1;;/b;4-3-;. The fourth-order valence-corrected chi connectivity index (χ4v) is 5.27. The van der Waals surface area contributed by atoms with E-state index in [9.17, 15) is 4.79 Å². The van der Waals surface area contributed by atoms with Crippen molar-refractivity contribution in [2.75, 3.05) is 0 Å². The topological polar surface area (TPSA) is 50.2 Å². The fraction of sp³-hybridized carbons (Fsp3) is 0.241. The van der Waals surface area contributed by atoms with Gasteiger partial charge in [-0.25, -0.2) is 0 Å². The molecule has 0 atom stereocenters. The van der Waals surface area contributed by atoms with Gasteiger partial charge in [-0.15, -0.1) is 46.2 Å². The second-order valence-corrected chi connectivity index (χ2v) is 9.70. The molecule has 4 rings (SSSR count). The number of hydrogen-bond donors (Lipinski definition) is 1. The Morgan fingerprint density at radius 3 is 2.09 bits per heavy atom. The van der Waals surface area contributed by atoms with Crippen molar-refractivity contribution in [1.82, 2.24) is 4.98 Å². The summed E-state index contributed by atoms with van der Waals surface area (Å²) in [6.07, 6.45) is 1.17. The van der Waals surface area contributed by atoms with Gasteiger partial charge in [0, 0.05) is 31.1 Å². The van der Waals surface area contributed by atoms with Crippen LogP contribution in [0.2, 0.25) is 0 Å². The summed E-state index contributed by atoms with van der Waals surface area (Å²) in [6.45, 7) is 13.6. The van der Waals surface area contributed by atoms with Crippen LogP contribution in [0.15, 0.2) is 54.3 Å². The molecule has 2 aromatic carbocycles. The molecule has 0 aliphatic carbocycles. The molecule has 0 aliphatic heterocycles. The van der Waals surface area contributed by atoms with E-state index in [1.807, 2.05) is 11.3 Å². The summed E-state index contributed by atoms with van der Waals surface area (Å²) >= 11 is 1.82. The smallest absolute Gasteiger partial charge is 0.155 e. The first-order valence-electron chi connectivity index (χ1n) is 10.9. The predicted octanol–water partition coefficient (Wildman–Crippen LogP) is 8.01. The molecule has 0 saturated carbocycles. The monoisotopic (exact) mass is 649 g/mol. The van der Waals surface area contributed by atoms with Crippen molar-refractivity contribution in [1.29, 1.82) is 0 Å². The number of fused-ring (bicyclic) bond motifs is 1. The number of nitrogens with zero attached hydrogens (tertiary/aromatic N) is 1. The van der Waals surface area contributed by atoms with Gasteiger partial charge in [-0.2, -0.15) is 0 Å². The van der Waals surface area contributed by atoms with Crippen molar-refractivity contribution in [3.8, 4) is 21.7 Å². The number of aliphatic hydroxyl groups excluding tert-OH is 1. The minimum Gasteiger partial charge on any atom is -0.512 e. The molecule has 0 saturated heterocycles. The van der Waals surface area contributed by atoms with Crippen LogP contribution in [0.3, 0.4) is 0 Å². The Morgan fingerprint density at radius 2 is 1.56 bits per heavy atom.